The van der Waals surface area contributed by atoms with Crippen LogP contribution in [0.2, 0.25) is 0 Å². The predicted molar refractivity (Wildman–Crippen MR) is 103 cm³/mol. The van der Waals surface area contributed by atoms with Crippen molar-refractivity contribution in [3.05, 3.63) is 75.8 Å². The van der Waals surface area contributed by atoms with Gasteiger partial charge in [-0.15, -0.1) is 5.10 Å². The number of rotatable bonds is 4. The van der Waals surface area contributed by atoms with Gasteiger partial charge < -0.3 is 5.32 Å². The number of hydrogen-bond acceptors (Lipinski definition) is 6. The lowest BCUT2D eigenvalue weighted by Gasteiger charge is -2.29. The molecule has 0 unspecified atom stereocenters. The first-order valence-corrected chi connectivity index (χ1v) is 8.85. The van der Waals surface area contributed by atoms with Crippen molar-refractivity contribution in [3.63, 3.8) is 0 Å². The zero-order valence-electron chi connectivity index (χ0n) is 15.1. The molecule has 1 amide bonds. The van der Waals surface area contributed by atoms with Gasteiger partial charge in [0.1, 0.15) is 0 Å². The molecule has 28 heavy (non-hydrogen) atoms. The summed E-state index contributed by atoms with van der Waals surface area (Å²) >= 11 is 0. The molecule has 0 aliphatic carbocycles. The number of anilines is 2. The Morgan fingerprint density at radius 1 is 1.25 bits per heavy atom. The smallest absolute Gasteiger partial charge is 0.270 e. The summed E-state index contributed by atoms with van der Waals surface area (Å²) in [5, 5.41) is 21.2. The number of non-ortho nitro benzene ring substituents is 1. The standard InChI is InChI=1S/C19H18N6O3/c1-12-10-16(13-6-3-2-4-7-13)24-19(20-12)22-18(23-24)21-17(26)14-8-5-9-15(11-14)25(27)28/h2-9,11-12,16H,10H2,1H3,(H2,20,21,22,23,26)/t12-,16+/m1/s1. The molecule has 2 N–H and O–H groups in total. The van der Waals surface area contributed by atoms with Crippen LogP contribution in [0, 0.1) is 10.1 Å². The first kappa shape index (κ1) is 17.7. The van der Waals surface area contributed by atoms with Crippen molar-refractivity contribution in [2.24, 2.45) is 0 Å². The molecule has 9 heteroatoms. The highest BCUT2D eigenvalue weighted by molar-refractivity contribution is 6.03. The van der Waals surface area contributed by atoms with Gasteiger partial charge in [-0.2, -0.15) is 4.98 Å². The fraction of sp³-hybridized carbons (Fsp3) is 0.211. The number of carbonyl (C=O) groups is 1. The summed E-state index contributed by atoms with van der Waals surface area (Å²) in [6.45, 7) is 2.06. The zero-order chi connectivity index (χ0) is 19.7. The summed E-state index contributed by atoms with van der Waals surface area (Å²) in [7, 11) is 0. The highest BCUT2D eigenvalue weighted by atomic mass is 16.6. The van der Waals surface area contributed by atoms with Crippen molar-refractivity contribution in [1.29, 1.82) is 0 Å². The first-order chi connectivity index (χ1) is 13.5. The van der Waals surface area contributed by atoms with Crippen LogP contribution in [0.3, 0.4) is 0 Å². The number of hydrogen-bond donors (Lipinski definition) is 2. The monoisotopic (exact) mass is 378 g/mol. The Balaban J connectivity index is 1.60. The molecule has 0 fully saturated rings. The fourth-order valence-electron chi connectivity index (χ4n) is 3.29. The van der Waals surface area contributed by atoms with Gasteiger partial charge in [-0.05, 0) is 25.0 Å². The van der Waals surface area contributed by atoms with E-state index in [9.17, 15) is 14.9 Å². The number of fused-ring (bicyclic) bond motifs is 1. The quantitative estimate of drug-likeness (QED) is 0.532. The van der Waals surface area contributed by atoms with Crippen molar-refractivity contribution < 1.29 is 9.72 Å². The second-order valence-electron chi connectivity index (χ2n) is 6.67. The van der Waals surface area contributed by atoms with E-state index in [-0.39, 0.29) is 29.3 Å². The number of aromatic nitrogens is 3. The maximum atomic E-state index is 12.5. The number of nitro groups is 1. The van der Waals surface area contributed by atoms with Crippen LogP contribution in [0.4, 0.5) is 17.6 Å². The Bertz CT molecular complexity index is 1030. The lowest BCUT2D eigenvalue weighted by Crippen LogP contribution is -2.31. The number of benzene rings is 2. The predicted octanol–water partition coefficient (Wildman–Crippen LogP) is 3.23. The minimum Gasteiger partial charge on any atom is -0.352 e. The lowest BCUT2D eigenvalue weighted by molar-refractivity contribution is -0.384. The van der Waals surface area contributed by atoms with Gasteiger partial charge in [0.15, 0.2) is 0 Å². The molecular weight excluding hydrogens is 360 g/mol. The molecule has 0 spiro atoms. The summed E-state index contributed by atoms with van der Waals surface area (Å²) in [4.78, 5) is 27.2. The van der Waals surface area contributed by atoms with Gasteiger partial charge in [-0.25, -0.2) is 4.68 Å². The fourth-order valence-corrected chi connectivity index (χ4v) is 3.29. The molecule has 1 aromatic heterocycles. The van der Waals surface area contributed by atoms with Gasteiger partial charge in [-0.1, -0.05) is 36.4 Å². The van der Waals surface area contributed by atoms with Crippen LogP contribution in [-0.4, -0.2) is 31.6 Å². The summed E-state index contributed by atoms with van der Waals surface area (Å²) in [6.07, 6.45) is 0.832. The number of amides is 1. The van der Waals surface area contributed by atoms with Crippen molar-refractivity contribution in [1.82, 2.24) is 14.8 Å². The minimum atomic E-state index is -0.542. The van der Waals surface area contributed by atoms with E-state index in [1.807, 2.05) is 30.3 Å². The Kier molecular flexibility index (Phi) is 4.48. The number of nitrogens with zero attached hydrogens (tertiary/aromatic N) is 4. The molecule has 2 heterocycles. The third-order valence-electron chi connectivity index (χ3n) is 4.61. The zero-order valence-corrected chi connectivity index (χ0v) is 15.1. The van der Waals surface area contributed by atoms with Crippen molar-refractivity contribution in [3.8, 4) is 0 Å². The van der Waals surface area contributed by atoms with Gasteiger partial charge in [0.05, 0.1) is 11.0 Å². The molecule has 2 aromatic carbocycles. The average molecular weight is 378 g/mol. The summed E-state index contributed by atoms with van der Waals surface area (Å²) in [6, 6.07) is 15.7. The van der Waals surface area contributed by atoms with Gasteiger partial charge in [0.25, 0.3) is 17.5 Å². The molecule has 4 rings (SSSR count). The molecule has 0 saturated carbocycles. The van der Waals surface area contributed by atoms with E-state index in [0.717, 1.165) is 12.0 Å². The molecule has 1 aliphatic heterocycles. The molecule has 3 aromatic rings. The Hall–Kier alpha value is -3.75. The van der Waals surface area contributed by atoms with E-state index >= 15 is 0 Å². The Labute approximate surface area is 160 Å². The number of carbonyl (C=O) groups excluding carboxylic acids is 1. The van der Waals surface area contributed by atoms with Crippen molar-refractivity contribution in [2.45, 2.75) is 25.4 Å². The molecule has 0 bridgehead atoms. The van der Waals surface area contributed by atoms with Crippen LogP contribution in [0.15, 0.2) is 54.6 Å². The molecule has 1 aliphatic rings. The molecule has 2 atom stereocenters. The third kappa shape index (κ3) is 3.41. The van der Waals surface area contributed by atoms with E-state index in [1.54, 1.807) is 4.68 Å². The summed E-state index contributed by atoms with van der Waals surface area (Å²) < 4.78 is 1.76. The average Bonchev–Trinajstić information content (AvgIpc) is 3.10. The maximum Gasteiger partial charge on any atom is 0.270 e. The van der Waals surface area contributed by atoms with E-state index in [1.165, 1.54) is 24.3 Å². The molecule has 0 saturated heterocycles. The van der Waals surface area contributed by atoms with E-state index in [4.69, 9.17) is 0 Å². The van der Waals surface area contributed by atoms with E-state index in [2.05, 4.69) is 27.6 Å². The highest BCUT2D eigenvalue weighted by Crippen LogP contribution is 2.31. The Morgan fingerprint density at radius 3 is 2.79 bits per heavy atom. The van der Waals surface area contributed by atoms with Crippen LogP contribution in [0.5, 0.6) is 0 Å². The van der Waals surface area contributed by atoms with Gasteiger partial charge in [0.2, 0.25) is 5.95 Å². The van der Waals surface area contributed by atoms with E-state index in [0.29, 0.717) is 5.95 Å². The van der Waals surface area contributed by atoms with Crippen LogP contribution < -0.4 is 10.6 Å². The molecule has 142 valence electrons. The second-order valence-corrected chi connectivity index (χ2v) is 6.67. The number of nitro benzene ring substituents is 1. The maximum absolute atomic E-state index is 12.5. The summed E-state index contributed by atoms with van der Waals surface area (Å²) in [5.41, 5.74) is 1.13. The van der Waals surface area contributed by atoms with Crippen LogP contribution >= 0.6 is 0 Å². The molecule has 0 radical (unpaired) electrons. The number of nitrogens with one attached hydrogen (secondary N) is 2. The second kappa shape index (κ2) is 7.10. The van der Waals surface area contributed by atoms with Crippen LogP contribution in [-0.2, 0) is 0 Å². The van der Waals surface area contributed by atoms with Crippen LogP contribution in [0.25, 0.3) is 0 Å². The minimum absolute atomic E-state index is 0.00316. The molecule has 9 nitrogen and oxygen atoms in total. The van der Waals surface area contributed by atoms with Crippen LogP contribution in [0.1, 0.15) is 35.3 Å². The molecular formula is C19H18N6O3. The van der Waals surface area contributed by atoms with Crippen molar-refractivity contribution in [2.75, 3.05) is 10.6 Å². The third-order valence-corrected chi connectivity index (χ3v) is 4.61. The van der Waals surface area contributed by atoms with Crippen molar-refractivity contribution >= 4 is 23.5 Å². The summed E-state index contributed by atoms with van der Waals surface area (Å²) in [5.74, 6) is 0.215. The lowest BCUT2D eigenvalue weighted by atomic mass is 9.99. The van der Waals surface area contributed by atoms with Gasteiger partial charge >= 0.3 is 0 Å². The highest BCUT2D eigenvalue weighted by Gasteiger charge is 2.28. The van der Waals surface area contributed by atoms with Gasteiger partial charge in [-0.3, -0.25) is 20.2 Å². The SMILES string of the molecule is C[C@@H]1C[C@@H](c2ccccc2)n2nc(NC(=O)c3cccc([N+](=O)[O-])c3)nc2N1. The normalized spacial score (nSPS) is 18.0. The topological polar surface area (TPSA) is 115 Å². The van der Waals surface area contributed by atoms with Gasteiger partial charge in [0, 0.05) is 23.7 Å². The Morgan fingerprint density at radius 2 is 2.04 bits per heavy atom. The van der Waals surface area contributed by atoms with E-state index < -0.39 is 10.8 Å². The largest absolute Gasteiger partial charge is 0.352 e. The first-order valence-electron chi connectivity index (χ1n) is 8.85.